The van der Waals surface area contributed by atoms with E-state index in [2.05, 4.69) is 14.9 Å². The summed E-state index contributed by atoms with van der Waals surface area (Å²) in [6.45, 7) is 1.85. The summed E-state index contributed by atoms with van der Waals surface area (Å²) in [5.41, 5.74) is 0.510. The Morgan fingerprint density at radius 1 is 1.08 bits per heavy atom. The molecule has 0 spiro atoms. The summed E-state index contributed by atoms with van der Waals surface area (Å²) in [5, 5.41) is -0.00938. The van der Waals surface area contributed by atoms with Crippen LogP contribution >= 0.6 is 11.6 Å². The minimum absolute atomic E-state index is 0.00938. The Morgan fingerprint density at radius 3 is 2.38 bits per heavy atom. The number of sulfone groups is 1. The van der Waals surface area contributed by atoms with Gasteiger partial charge in [-0.15, -0.1) is 0 Å². The molecule has 9 heteroatoms. The van der Waals surface area contributed by atoms with Crippen molar-refractivity contribution in [2.45, 2.75) is 6.54 Å². The van der Waals surface area contributed by atoms with E-state index in [1.54, 1.807) is 0 Å². The molecular formula is C17H16ClF2N3O2S. The molecule has 2 aromatic rings. The Morgan fingerprint density at radius 2 is 1.77 bits per heavy atom. The molecule has 2 aliphatic heterocycles. The van der Waals surface area contributed by atoms with Gasteiger partial charge in [0.2, 0.25) is 0 Å². The van der Waals surface area contributed by atoms with Crippen molar-refractivity contribution in [3.05, 3.63) is 46.9 Å². The summed E-state index contributed by atoms with van der Waals surface area (Å²) < 4.78 is 51.7. The van der Waals surface area contributed by atoms with Gasteiger partial charge in [-0.2, -0.15) is 0 Å². The Balaban J connectivity index is 1.49. The van der Waals surface area contributed by atoms with E-state index in [1.165, 1.54) is 12.3 Å². The van der Waals surface area contributed by atoms with E-state index in [4.69, 9.17) is 11.6 Å². The van der Waals surface area contributed by atoms with Crippen LogP contribution in [0.2, 0.25) is 5.15 Å². The molecule has 0 aromatic carbocycles. The second kappa shape index (κ2) is 6.51. The highest BCUT2D eigenvalue weighted by molar-refractivity contribution is 7.91. The molecule has 2 atom stereocenters. The molecule has 0 radical (unpaired) electrons. The zero-order valence-corrected chi connectivity index (χ0v) is 15.3. The first-order valence-electron chi connectivity index (χ1n) is 8.19. The maximum absolute atomic E-state index is 14.4. The molecule has 2 unspecified atom stereocenters. The first kappa shape index (κ1) is 17.8. The van der Waals surface area contributed by atoms with Crippen molar-refractivity contribution in [3.8, 4) is 11.3 Å². The van der Waals surface area contributed by atoms with Crippen LogP contribution in [0.1, 0.15) is 5.56 Å². The zero-order chi connectivity index (χ0) is 18.5. The van der Waals surface area contributed by atoms with Crippen LogP contribution in [0.15, 0.2) is 24.5 Å². The average Bonchev–Trinajstić information content (AvgIpc) is 3.01. The predicted octanol–water partition coefficient (Wildman–Crippen LogP) is 2.55. The number of rotatable bonds is 3. The summed E-state index contributed by atoms with van der Waals surface area (Å²) in [6.07, 6.45) is 2.67. The SMILES string of the molecule is O=S1(=O)CC2CN(Cc3cnc(-c4cnc(Cl)cc4F)c(F)c3)CC2C1. The van der Waals surface area contributed by atoms with Crippen LogP contribution < -0.4 is 0 Å². The van der Waals surface area contributed by atoms with Crippen LogP contribution in [0.5, 0.6) is 0 Å². The van der Waals surface area contributed by atoms with Gasteiger partial charge in [0.15, 0.2) is 9.84 Å². The van der Waals surface area contributed by atoms with E-state index in [0.29, 0.717) is 25.2 Å². The van der Waals surface area contributed by atoms with Crippen LogP contribution in [-0.2, 0) is 16.4 Å². The minimum atomic E-state index is -2.90. The summed E-state index contributed by atoms with van der Waals surface area (Å²) in [4.78, 5) is 9.94. The first-order valence-corrected chi connectivity index (χ1v) is 10.4. The third kappa shape index (κ3) is 3.45. The van der Waals surface area contributed by atoms with E-state index in [1.807, 2.05) is 0 Å². The molecule has 0 saturated carbocycles. The van der Waals surface area contributed by atoms with Crippen LogP contribution in [0.25, 0.3) is 11.3 Å². The lowest BCUT2D eigenvalue weighted by atomic mass is 10.0. The van der Waals surface area contributed by atoms with Crippen LogP contribution in [0.3, 0.4) is 0 Å². The van der Waals surface area contributed by atoms with Crippen molar-refractivity contribution < 1.29 is 17.2 Å². The molecule has 2 fully saturated rings. The van der Waals surface area contributed by atoms with Gasteiger partial charge in [0.25, 0.3) is 0 Å². The smallest absolute Gasteiger partial charge is 0.150 e. The molecule has 2 aliphatic rings. The fraction of sp³-hybridized carbons (Fsp3) is 0.412. The lowest BCUT2D eigenvalue weighted by Crippen LogP contribution is -2.24. The Kier molecular flexibility index (Phi) is 4.45. The summed E-state index contributed by atoms with van der Waals surface area (Å²) in [6, 6.07) is 2.35. The highest BCUT2D eigenvalue weighted by Crippen LogP contribution is 2.33. The molecule has 4 rings (SSSR count). The molecule has 138 valence electrons. The van der Waals surface area contributed by atoms with Crippen molar-refractivity contribution >= 4 is 21.4 Å². The van der Waals surface area contributed by atoms with Crippen LogP contribution in [0, 0.1) is 23.5 Å². The molecule has 4 heterocycles. The number of aromatic nitrogens is 2. The van der Waals surface area contributed by atoms with Gasteiger partial charge in [-0.25, -0.2) is 22.2 Å². The molecule has 2 saturated heterocycles. The number of pyridine rings is 2. The topological polar surface area (TPSA) is 63.2 Å². The monoisotopic (exact) mass is 399 g/mol. The van der Waals surface area contributed by atoms with Crippen LogP contribution in [-0.4, -0.2) is 47.9 Å². The largest absolute Gasteiger partial charge is 0.298 e. The van der Waals surface area contributed by atoms with Gasteiger partial charge in [0.1, 0.15) is 22.5 Å². The van der Waals surface area contributed by atoms with Crippen molar-refractivity contribution in [3.63, 3.8) is 0 Å². The zero-order valence-electron chi connectivity index (χ0n) is 13.7. The van der Waals surface area contributed by atoms with Gasteiger partial charge in [0, 0.05) is 38.1 Å². The van der Waals surface area contributed by atoms with Crippen molar-refractivity contribution in [2.75, 3.05) is 24.6 Å². The molecule has 0 bridgehead atoms. The number of hydrogen-bond donors (Lipinski definition) is 0. The lowest BCUT2D eigenvalue weighted by molar-refractivity contribution is 0.314. The number of nitrogens with zero attached hydrogens (tertiary/aromatic N) is 3. The fourth-order valence-electron chi connectivity index (χ4n) is 3.87. The number of halogens is 3. The van der Waals surface area contributed by atoms with E-state index in [9.17, 15) is 17.2 Å². The Bertz CT molecular complexity index is 950. The van der Waals surface area contributed by atoms with Gasteiger partial charge in [-0.05, 0) is 23.5 Å². The normalized spacial score (nSPS) is 24.7. The molecule has 5 nitrogen and oxygen atoms in total. The van der Waals surface area contributed by atoms with Crippen molar-refractivity contribution in [2.24, 2.45) is 11.8 Å². The third-order valence-electron chi connectivity index (χ3n) is 4.97. The standard InChI is InChI=1S/C17H16ClF2N3O2S/c18-16-2-14(19)13(4-21-16)17-15(20)1-10(3-22-17)5-23-6-11-8-26(24,25)9-12(11)7-23/h1-4,11-12H,5-9H2. The maximum atomic E-state index is 14.4. The van der Waals surface area contributed by atoms with E-state index >= 15 is 0 Å². The molecule has 26 heavy (non-hydrogen) atoms. The summed E-state index contributed by atoms with van der Waals surface area (Å²) in [5.74, 6) is -0.520. The molecule has 0 N–H and O–H groups in total. The highest BCUT2D eigenvalue weighted by Gasteiger charge is 2.43. The summed E-state index contributed by atoms with van der Waals surface area (Å²) in [7, 11) is -2.90. The van der Waals surface area contributed by atoms with Gasteiger partial charge >= 0.3 is 0 Å². The molecule has 2 aromatic heterocycles. The minimum Gasteiger partial charge on any atom is -0.298 e. The Hall–Kier alpha value is -1.64. The Labute approximate surface area is 154 Å². The quantitative estimate of drug-likeness (QED) is 0.742. The van der Waals surface area contributed by atoms with Crippen molar-refractivity contribution in [1.82, 2.24) is 14.9 Å². The molecule has 0 amide bonds. The second-order valence-corrected chi connectivity index (χ2v) is 9.49. The third-order valence-corrected chi connectivity index (χ3v) is 7.05. The van der Waals surface area contributed by atoms with E-state index < -0.39 is 21.5 Å². The number of likely N-dealkylation sites (tertiary alicyclic amines) is 1. The van der Waals surface area contributed by atoms with Crippen LogP contribution in [0.4, 0.5) is 8.78 Å². The predicted molar refractivity (Wildman–Crippen MR) is 93.3 cm³/mol. The summed E-state index contributed by atoms with van der Waals surface area (Å²) >= 11 is 5.61. The maximum Gasteiger partial charge on any atom is 0.150 e. The van der Waals surface area contributed by atoms with Gasteiger partial charge < -0.3 is 0 Å². The average molecular weight is 400 g/mol. The highest BCUT2D eigenvalue weighted by atomic mass is 35.5. The van der Waals surface area contributed by atoms with E-state index in [-0.39, 0.29) is 39.8 Å². The van der Waals surface area contributed by atoms with E-state index in [0.717, 1.165) is 12.3 Å². The van der Waals surface area contributed by atoms with Gasteiger partial charge in [-0.3, -0.25) is 9.88 Å². The fourth-order valence-corrected chi connectivity index (χ4v) is 6.21. The van der Waals surface area contributed by atoms with Gasteiger partial charge in [-0.1, -0.05) is 11.6 Å². The molecular weight excluding hydrogens is 384 g/mol. The second-order valence-electron chi connectivity index (χ2n) is 6.95. The van der Waals surface area contributed by atoms with Gasteiger partial charge in [0.05, 0.1) is 17.1 Å². The number of fused-ring (bicyclic) bond motifs is 1. The first-order chi connectivity index (χ1) is 12.3. The number of hydrogen-bond acceptors (Lipinski definition) is 5. The molecule has 0 aliphatic carbocycles. The van der Waals surface area contributed by atoms with Crippen molar-refractivity contribution in [1.29, 1.82) is 0 Å². The lowest BCUT2D eigenvalue weighted by Gasteiger charge is -2.17.